The molecule has 0 aliphatic carbocycles. The molecule has 3 N–H and O–H groups in total. The van der Waals surface area contributed by atoms with Crippen LogP contribution in [-0.2, 0) is 14.6 Å². The highest BCUT2D eigenvalue weighted by atomic mass is 35.5. The number of unbranched alkanes of at least 4 members (excludes halogenated alkanes) is 1. The van der Waals surface area contributed by atoms with Crippen LogP contribution in [0.3, 0.4) is 0 Å². The standard InChI is InChI=1S/C14H21ClN2O3S.ClH/c1-2-3-4-12(9-16)17-14(18)10-21(19,20)13-7-5-11(15)6-8-13;/h5-8,12H,2-4,9-10,16H2,1H3,(H,17,18);1H. The van der Waals surface area contributed by atoms with E-state index in [0.29, 0.717) is 11.6 Å². The molecule has 1 aromatic carbocycles. The molecule has 126 valence electrons. The molecule has 0 fully saturated rings. The van der Waals surface area contributed by atoms with Crippen molar-refractivity contribution in [2.75, 3.05) is 12.3 Å². The molecule has 22 heavy (non-hydrogen) atoms. The second kappa shape index (κ2) is 10.0. The normalized spacial score (nSPS) is 12.3. The monoisotopic (exact) mass is 368 g/mol. The summed E-state index contributed by atoms with van der Waals surface area (Å²) in [6.45, 7) is 2.34. The van der Waals surface area contributed by atoms with Crippen LogP contribution >= 0.6 is 24.0 Å². The molecule has 0 spiro atoms. The van der Waals surface area contributed by atoms with Gasteiger partial charge in [-0.2, -0.15) is 0 Å². The smallest absolute Gasteiger partial charge is 0.235 e. The molecule has 0 saturated carbocycles. The number of carbonyl (C=O) groups excluding carboxylic acids is 1. The van der Waals surface area contributed by atoms with E-state index < -0.39 is 21.5 Å². The Morgan fingerprint density at radius 3 is 2.41 bits per heavy atom. The van der Waals surface area contributed by atoms with Crippen LogP contribution in [0.15, 0.2) is 29.2 Å². The number of halogens is 2. The predicted molar refractivity (Wildman–Crippen MR) is 91.3 cm³/mol. The van der Waals surface area contributed by atoms with Gasteiger partial charge < -0.3 is 11.1 Å². The molecule has 0 radical (unpaired) electrons. The summed E-state index contributed by atoms with van der Waals surface area (Å²) in [7, 11) is -3.66. The van der Waals surface area contributed by atoms with E-state index in [1.54, 1.807) is 0 Å². The molecule has 1 atom stereocenters. The summed E-state index contributed by atoms with van der Waals surface area (Å²) in [6, 6.07) is 5.56. The maximum atomic E-state index is 12.1. The fraction of sp³-hybridized carbons (Fsp3) is 0.500. The minimum atomic E-state index is -3.66. The Kier molecular flexibility index (Phi) is 9.67. The summed E-state index contributed by atoms with van der Waals surface area (Å²) in [5.74, 6) is -1.12. The molecule has 0 saturated heterocycles. The number of nitrogens with one attached hydrogen (secondary N) is 1. The third-order valence-corrected chi connectivity index (χ3v) is 4.93. The molecule has 1 rings (SSSR count). The predicted octanol–water partition coefficient (Wildman–Crippen LogP) is 2.17. The minimum Gasteiger partial charge on any atom is -0.351 e. The van der Waals surface area contributed by atoms with Crippen molar-refractivity contribution in [1.82, 2.24) is 5.32 Å². The van der Waals surface area contributed by atoms with Crippen molar-refractivity contribution in [2.45, 2.75) is 37.1 Å². The van der Waals surface area contributed by atoms with Crippen molar-refractivity contribution in [3.05, 3.63) is 29.3 Å². The van der Waals surface area contributed by atoms with Gasteiger partial charge in [0.1, 0.15) is 5.75 Å². The van der Waals surface area contributed by atoms with Gasteiger partial charge in [0.25, 0.3) is 0 Å². The topological polar surface area (TPSA) is 89.3 Å². The second-order valence-electron chi connectivity index (χ2n) is 4.86. The van der Waals surface area contributed by atoms with E-state index in [0.717, 1.165) is 19.3 Å². The first kappa shape index (κ1) is 21.2. The zero-order valence-corrected chi connectivity index (χ0v) is 14.8. The van der Waals surface area contributed by atoms with E-state index in [2.05, 4.69) is 5.32 Å². The molecule has 8 heteroatoms. The van der Waals surface area contributed by atoms with Gasteiger partial charge in [0.05, 0.1) is 4.90 Å². The number of hydrogen-bond donors (Lipinski definition) is 2. The molecule has 1 unspecified atom stereocenters. The minimum absolute atomic E-state index is 0. The lowest BCUT2D eigenvalue weighted by Gasteiger charge is -2.16. The zero-order valence-electron chi connectivity index (χ0n) is 12.4. The highest BCUT2D eigenvalue weighted by Gasteiger charge is 2.20. The zero-order chi connectivity index (χ0) is 15.9. The maximum absolute atomic E-state index is 12.1. The molecule has 0 bridgehead atoms. The average molecular weight is 369 g/mol. The third-order valence-electron chi connectivity index (χ3n) is 3.05. The quantitative estimate of drug-likeness (QED) is 0.735. The van der Waals surface area contributed by atoms with Gasteiger partial charge >= 0.3 is 0 Å². The lowest BCUT2D eigenvalue weighted by molar-refractivity contribution is -0.119. The van der Waals surface area contributed by atoms with Crippen molar-refractivity contribution in [1.29, 1.82) is 0 Å². The van der Waals surface area contributed by atoms with Gasteiger partial charge in [-0.15, -0.1) is 12.4 Å². The fourth-order valence-corrected chi connectivity index (χ4v) is 3.14. The molecule has 0 aliphatic rings. The highest BCUT2D eigenvalue weighted by molar-refractivity contribution is 7.92. The molecular weight excluding hydrogens is 347 g/mol. The van der Waals surface area contributed by atoms with Gasteiger partial charge in [-0.05, 0) is 30.7 Å². The van der Waals surface area contributed by atoms with Crippen LogP contribution in [0.5, 0.6) is 0 Å². The van der Waals surface area contributed by atoms with Crippen molar-refractivity contribution in [3.63, 3.8) is 0 Å². The van der Waals surface area contributed by atoms with Crippen LogP contribution in [0.4, 0.5) is 0 Å². The van der Waals surface area contributed by atoms with E-state index in [1.165, 1.54) is 24.3 Å². The van der Waals surface area contributed by atoms with E-state index in [1.807, 2.05) is 6.92 Å². The van der Waals surface area contributed by atoms with E-state index >= 15 is 0 Å². The number of rotatable bonds is 8. The summed E-state index contributed by atoms with van der Waals surface area (Å²) in [4.78, 5) is 11.9. The third kappa shape index (κ3) is 6.96. The summed E-state index contributed by atoms with van der Waals surface area (Å²) in [6.07, 6.45) is 2.68. The number of benzene rings is 1. The lowest BCUT2D eigenvalue weighted by Crippen LogP contribution is -2.42. The van der Waals surface area contributed by atoms with Crippen molar-refractivity contribution < 1.29 is 13.2 Å². The SMILES string of the molecule is CCCCC(CN)NC(=O)CS(=O)(=O)c1ccc(Cl)cc1.Cl. The maximum Gasteiger partial charge on any atom is 0.235 e. The van der Waals surface area contributed by atoms with Gasteiger partial charge in [-0.25, -0.2) is 8.42 Å². The largest absolute Gasteiger partial charge is 0.351 e. The van der Waals surface area contributed by atoms with Gasteiger partial charge in [-0.1, -0.05) is 31.4 Å². The number of sulfone groups is 1. The van der Waals surface area contributed by atoms with E-state index in [-0.39, 0.29) is 23.3 Å². The molecule has 0 aliphatic heterocycles. The summed E-state index contributed by atoms with van der Waals surface area (Å²) < 4.78 is 24.2. The second-order valence-corrected chi connectivity index (χ2v) is 7.28. The van der Waals surface area contributed by atoms with Crippen LogP contribution in [0.1, 0.15) is 26.2 Å². The summed E-state index contributed by atoms with van der Waals surface area (Å²) in [5.41, 5.74) is 5.57. The van der Waals surface area contributed by atoms with Crippen LogP contribution in [0.25, 0.3) is 0 Å². The number of carbonyl (C=O) groups is 1. The van der Waals surface area contributed by atoms with Crippen LogP contribution < -0.4 is 11.1 Å². The van der Waals surface area contributed by atoms with Gasteiger partial charge in [0, 0.05) is 17.6 Å². The molecular formula is C14H22Cl2N2O3S. The molecule has 1 aromatic rings. The van der Waals surface area contributed by atoms with Crippen LogP contribution in [0, 0.1) is 0 Å². The van der Waals surface area contributed by atoms with Gasteiger partial charge in [0.15, 0.2) is 9.84 Å². The first-order valence-corrected chi connectivity index (χ1v) is 8.89. The lowest BCUT2D eigenvalue weighted by atomic mass is 10.1. The number of hydrogen-bond acceptors (Lipinski definition) is 4. The summed E-state index contributed by atoms with van der Waals surface area (Å²) >= 11 is 5.72. The Labute approximate surface area is 142 Å². The molecule has 0 aromatic heterocycles. The number of nitrogens with two attached hydrogens (primary N) is 1. The van der Waals surface area contributed by atoms with E-state index in [9.17, 15) is 13.2 Å². The molecule has 5 nitrogen and oxygen atoms in total. The first-order valence-electron chi connectivity index (χ1n) is 6.86. The Balaban J connectivity index is 0.00000441. The highest BCUT2D eigenvalue weighted by Crippen LogP contribution is 2.15. The summed E-state index contributed by atoms with van der Waals surface area (Å²) in [5, 5.41) is 3.12. The Bertz CT molecular complexity index is 562. The van der Waals surface area contributed by atoms with Gasteiger partial charge in [-0.3, -0.25) is 4.79 Å². The van der Waals surface area contributed by atoms with Gasteiger partial charge in [0.2, 0.25) is 5.91 Å². The van der Waals surface area contributed by atoms with Crippen molar-refractivity contribution in [3.8, 4) is 0 Å². The Morgan fingerprint density at radius 1 is 1.32 bits per heavy atom. The Hall–Kier alpha value is -0.820. The van der Waals surface area contributed by atoms with Crippen molar-refractivity contribution >= 4 is 39.8 Å². The Morgan fingerprint density at radius 2 is 1.91 bits per heavy atom. The van der Waals surface area contributed by atoms with E-state index in [4.69, 9.17) is 17.3 Å². The first-order chi connectivity index (χ1) is 9.89. The fourth-order valence-electron chi connectivity index (χ4n) is 1.87. The average Bonchev–Trinajstić information content (AvgIpc) is 2.43. The van der Waals surface area contributed by atoms with Crippen molar-refractivity contribution in [2.24, 2.45) is 5.73 Å². The molecule has 0 heterocycles. The number of amides is 1. The molecule has 1 amide bonds. The van der Waals surface area contributed by atoms with Crippen LogP contribution in [0.2, 0.25) is 5.02 Å². The van der Waals surface area contributed by atoms with Crippen LogP contribution in [-0.4, -0.2) is 32.7 Å².